The third-order valence-electron chi connectivity index (χ3n) is 2.04. The summed E-state index contributed by atoms with van der Waals surface area (Å²) >= 11 is 5.88. The van der Waals surface area contributed by atoms with Crippen LogP contribution in [0.4, 0.5) is 0 Å². The second-order valence-electron chi connectivity index (χ2n) is 3.29. The normalized spacial score (nSPS) is 11.9. The number of carboxylic acids is 1. The van der Waals surface area contributed by atoms with Crippen molar-refractivity contribution >= 4 is 23.5 Å². The quantitative estimate of drug-likeness (QED) is 0.832. The molecule has 0 fully saturated rings. The fourth-order valence-corrected chi connectivity index (χ4v) is 1.56. The van der Waals surface area contributed by atoms with Crippen LogP contribution in [0.15, 0.2) is 24.3 Å². The van der Waals surface area contributed by atoms with Gasteiger partial charge in [-0.25, -0.2) is 4.79 Å². The fraction of sp³-hybridized carbons (Fsp3) is 0.273. The molecule has 0 heterocycles. The van der Waals surface area contributed by atoms with Crippen LogP contribution in [0.1, 0.15) is 11.6 Å². The molecule has 0 unspecified atom stereocenters. The molecular weight excluding hydrogens is 246 g/mol. The number of methoxy groups -OCH3 is 1. The minimum atomic E-state index is -1.18. The summed E-state index contributed by atoms with van der Waals surface area (Å²) < 4.78 is 4.61. The lowest BCUT2D eigenvalue weighted by Gasteiger charge is -2.15. The van der Waals surface area contributed by atoms with Crippen LogP contribution in [-0.4, -0.2) is 30.7 Å². The number of carbonyl (C=O) groups is 2. The van der Waals surface area contributed by atoms with E-state index in [1.807, 2.05) is 0 Å². The van der Waals surface area contributed by atoms with Crippen molar-refractivity contribution in [2.75, 3.05) is 13.7 Å². The number of nitrogens with one attached hydrogen (secondary N) is 1. The molecule has 1 amide bonds. The molecular formula is C11H12ClNO4. The average molecular weight is 258 g/mol. The molecule has 0 bridgehead atoms. The van der Waals surface area contributed by atoms with Gasteiger partial charge in [-0.15, -0.1) is 0 Å². The second kappa shape index (κ2) is 6.22. The molecule has 0 aliphatic heterocycles. The van der Waals surface area contributed by atoms with Gasteiger partial charge in [0.1, 0.15) is 6.61 Å². The van der Waals surface area contributed by atoms with Gasteiger partial charge in [0.15, 0.2) is 6.04 Å². The number of ether oxygens (including phenoxy) is 1. The smallest absolute Gasteiger partial charge is 0.330 e. The van der Waals surface area contributed by atoms with E-state index in [1.54, 1.807) is 24.3 Å². The highest BCUT2D eigenvalue weighted by molar-refractivity contribution is 6.31. The van der Waals surface area contributed by atoms with Gasteiger partial charge in [-0.1, -0.05) is 29.8 Å². The molecule has 0 aliphatic carbocycles. The molecule has 1 aromatic rings. The summed E-state index contributed by atoms with van der Waals surface area (Å²) in [4.78, 5) is 22.4. The van der Waals surface area contributed by atoms with E-state index in [0.29, 0.717) is 5.56 Å². The molecule has 2 N–H and O–H groups in total. The van der Waals surface area contributed by atoms with E-state index in [9.17, 15) is 9.59 Å². The highest BCUT2D eigenvalue weighted by Gasteiger charge is 2.23. The van der Waals surface area contributed by atoms with Gasteiger partial charge in [-0.3, -0.25) is 4.79 Å². The van der Waals surface area contributed by atoms with Gasteiger partial charge in [0.25, 0.3) is 0 Å². The molecule has 0 spiro atoms. The zero-order valence-corrected chi connectivity index (χ0v) is 9.90. The van der Waals surface area contributed by atoms with Crippen molar-refractivity contribution in [3.63, 3.8) is 0 Å². The van der Waals surface area contributed by atoms with E-state index >= 15 is 0 Å². The van der Waals surface area contributed by atoms with Gasteiger partial charge in [0.2, 0.25) is 5.91 Å². The predicted octanol–water partition coefficient (Wildman–Crippen LogP) is 1.23. The summed E-state index contributed by atoms with van der Waals surface area (Å²) in [5.74, 6) is -1.69. The van der Waals surface area contributed by atoms with Crippen LogP contribution in [-0.2, 0) is 14.3 Å². The summed E-state index contributed by atoms with van der Waals surface area (Å²) in [6, 6.07) is 5.27. The number of carbonyl (C=O) groups excluding carboxylic acids is 1. The molecule has 0 saturated carbocycles. The number of benzene rings is 1. The van der Waals surface area contributed by atoms with Crippen molar-refractivity contribution in [1.29, 1.82) is 0 Å². The van der Waals surface area contributed by atoms with Crippen LogP contribution in [0.25, 0.3) is 0 Å². The Kier molecular flexibility index (Phi) is 4.93. The van der Waals surface area contributed by atoms with Crippen molar-refractivity contribution < 1.29 is 19.4 Å². The van der Waals surface area contributed by atoms with Gasteiger partial charge in [0.05, 0.1) is 0 Å². The third-order valence-corrected chi connectivity index (χ3v) is 2.39. The number of aliphatic carboxylic acids is 1. The topological polar surface area (TPSA) is 75.6 Å². The van der Waals surface area contributed by atoms with Crippen LogP contribution in [0.5, 0.6) is 0 Å². The number of halogens is 1. The Morgan fingerprint density at radius 2 is 2.12 bits per heavy atom. The summed E-state index contributed by atoms with van der Waals surface area (Å²) in [5.41, 5.74) is 0.339. The van der Waals surface area contributed by atoms with E-state index in [1.165, 1.54) is 7.11 Å². The number of hydrogen-bond acceptors (Lipinski definition) is 3. The molecule has 17 heavy (non-hydrogen) atoms. The Hall–Kier alpha value is -1.59. The molecule has 0 aliphatic rings. The van der Waals surface area contributed by atoms with E-state index in [2.05, 4.69) is 10.1 Å². The van der Waals surface area contributed by atoms with Gasteiger partial charge < -0.3 is 15.2 Å². The Morgan fingerprint density at radius 1 is 1.47 bits per heavy atom. The number of carboxylic acid groups (broad SMARTS) is 1. The lowest BCUT2D eigenvalue weighted by Crippen LogP contribution is -2.36. The van der Waals surface area contributed by atoms with Crippen LogP contribution in [0.3, 0.4) is 0 Å². The number of rotatable bonds is 5. The first kappa shape index (κ1) is 13.5. The van der Waals surface area contributed by atoms with Gasteiger partial charge in [-0.2, -0.15) is 0 Å². The van der Waals surface area contributed by atoms with Crippen molar-refractivity contribution in [3.8, 4) is 0 Å². The summed E-state index contributed by atoms with van der Waals surface area (Å²) in [7, 11) is 1.35. The number of hydrogen-bond donors (Lipinski definition) is 2. The van der Waals surface area contributed by atoms with Crippen molar-refractivity contribution in [3.05, 3.63) is 34.9 Å². The average Bonchev–Trinajstić information content (AvgIpc) is 2.27. The largest absolute Gasteiger partial charge is 0.479 e. The zero-order valence-electron chi connectivity index (χ0n) is 9.14. The first-order valence-corrected chi connectivity index (χ1v) is 5.19. The predicted molar refractivity (Wildman–Crippen MR) is 61.8 cm³/mol. The van der Waals surface area contributed by atoms with E-state index in [-0.39, 0.29) is 11.6 Å². The summed E-state index contributed by atoms with van der Waals surface area (Å²) in [5, 5.41) is 11.7. The monoisotopic (exact) mass is 257 g/mol. The van der Waals surface area contributed by atoms with Crippen LogP contribution in [0, 0.1) is 0 Å². The highest BCUT2D eigenvalue weighted by Crippen LogP contribution is 2.22. The zero-order chi connectivity index (χ0) is 12.8. The van der Waals surface area contributed by atoms with Crippen LogP contribution in [0.2, 0.25) is 5.02 Å². The van der Waals surface area contributed by atoms with E-state index in [4.69, 9.17) is 16.7 Å². The maximum atomic E-state index is 11.3. The molecule has 0 radical (unpaired) electrons. The lowest BCUT2D eigenvalue weighted by atomic mass is 10.1. The molecule has 5 nitrogen and oxygen atoms in total. The van der Waals surface area contributed by atoms with Gasteiger partial charge >= 0.3 is 5.97 Å². The Labute approximate surface area is 103 Å². The van der Waals surface area contributed by atoms with Crippen molar-refractivity contribution in [1.82, 2.24) is 5.32 Å². The van der Waals surface area contributed by atoms with E-state index < -0.39 is 17.9 Å². The summed E-state index contributed by atoms with van der Waals surface area (Å²) in [6.45, 7) is -0.200. The second-order valence-corrected chi connectivity index (χ2v) is 3.70. The molecule has 92 valence electrons. The summed E-state index contributed by atoms with van der Waals surface area (Å²) in [6.07, 6.45) is 0. The minimum Gasteiger partial charge on any atom is -0.479 e. The number of amides is 1. The van der Waals surface area contributed by atoms with Gasteiger partial charge in [0, 0.05) is 17.7 Å². The van der Waals surface area contributed by atoms with E-state index in [0.717, 1.165) is 0 Å². The first-order valence-electron chi connectivity index (χ1n) is 4.81. The molecule has 1 aromatic carbocycles. The third kappa shape index (κ3) is 3.72. The Bertz CT molecular complexity index is 422. The fourth-order valence-electron chi connectivity index (χ4n) is 1.32. The Morgan fingerprint density at radius 3 is 2.65 bits per heavy atom. The van der Waals surface area contributed by atoms with Crippen LogP contribution >= 0.6 is 11.6 Å². The first-order chi connectivity index (χ1) is 8.06. The molecule has 6 heteroatoms. The standard InChI is InChI=1S/C11H12ClNO4/c1-17-6-9(14)13-10(11(15)16)7-4-2-3-5-8(7)12/h2-5,10H,6H2,1H3,(H,13,14)(H,15,16)/t10-/m1/s1. The SMILES string of the molecule is COCC(=O)N[C@@H](C(=O)O)c1ccccc1Cl. The van der Waals surface area contributed by atoms with Crippen molar-refractivity contribution in [2.24, 2.45) is 0 Å². The van der Waals surface area contributed by atoms with Crippen LogP contribution < -0.4 is 5.32 Å². The van der Waals surface area contributed by atoms with Crippen molar-refractivity contribution in [2.45, 2.75) is 6.04 Å². The molecule has 0 saturated heterocycles. The van der Waals surface area contributed by atoms with Gasteiger partial charge in [-0.05, 0) is 6.07 Å². The molecule has 0 aromatic heterocycles. The minimum absolute atomic E-state index is 0.200. The maximum absolute atomic E-state index is 11.3. The Balaban J connectivity index is 2.91. The highest BCUT2D eigenvalue weighted by atomic mass is 35.5. The maximum Gasteiger partial charge on any atom is 0.330 e. The molecule has 1 atom stereocenters. The molecule has 1 rings (SSSR count). The lowest BCUT2D eigenvalue weighted by molar-refractivity contribution is -0.142.